The number of anilines is 2. The van der Waals surface area contributed by atoms with Crippen LogP contribution in [0.25, 0.3) is 22.0 Å². The number of nitrogens with one attached hydrogen (secondary N) is 3. The van der Waals surface area contributed by atoms with Gasteiger partial charge in [0, 0.05) is 96.1 Å². The van der Waals surface area contributed by atoms with Crippen molar-refractivity contribution in [3.05, 3.63) is 118 Å². The van der Waals surface area contributed by atoms with Crippen molar-refractivity contribution in [3.63, 3.8) is 0 Å². The number of ether oxygens (including phenoxy) is 4. The highest BCUT2D eigenvalue weighted by Gasteiger charge is 2.64. The molecule has 4 heterocycles. The van der Waals surface area contributed by atoms with Gasteiger partial charge in [-0.1, -0.05) is 45.4 Å². The first-order valence-electron chi connectivity index (χ1n) is 22.6. The number of hydrogen-bond donors (Lipinski definition) is 3. The number of carbonyl (C=O) groups excluding carboxylic acids is 1. The van der Waals surface area contributed by atoms with E-state index in [4.69, 9.17) is 30.5 Å². The number of amides is 1. The number of aryl methyl sites for hydroxylation is 1. The number of nitriles is 1. The Morgan fingerprint density at radius 2 is 1.66 bits per heavy atom. The quantitative estimate of drug-likeness (QED) is 0.0786. The largest absolute Gasteiger partial charge is 0.491 e. The number of carbonyl (C=O) groups is 1. The van der Waals surface area contributed by atoms with Gasteiger partial charge in [0.15, 0.2) is 0 Å². The van der Waals surface area contributed by atoms with Crippen molar-refractivity contribution in [1.29, 1.82) is 5.26 Å². The van der Waals surface area contributed by atoms with E-state index >= 15 is 0 Å². The molecule has 0 radical (unpaired) electrons. The van der Waals surface area contributed by atoms with Crippen LogP contribution < -0.4 is 34.7 Å². The van der Waals surface area contributed by atoms with Crippen LogP contribution in [0, 0.1) is 22.2 Å². The number of piperidine rings is 1. The van der Waals surface area contributed by atoms with Crippen molar-refractivity contribution >= 4 is 50.1 Å². The zero-order chi connectivity index (χ0) is 48.0. The Kier molecular flexibility index (Phi) is 12.6. The second-order valence-electron chi connectivity index (χ2n) is 18.8. The number of benzene rings is 3. The topological polar surface area (TPSA) is 203 Å². The normalized spacial score (nSPS) is 18.9. The number of rotatable bonds is 16. The van der Waals surface area contributed by atoms with E-state index in [0.717, 1.165) is 12.8 Å². The molecule has 354 valence electrons. The third-order valence-electron chi connectivity index (χ3n) is 13.2. The fourth-order valence-corrected chi connectivity index (χ4v) is 11.4. The Labute approximate surface area is 399 Å². The molecule has 0 spiro atoms. The average Bonchev–Trinajstić information content (AvgIpc) is 4.08. The lowest BCUT2D eigenvalue weighted by molar-refractivity contribution is -0.164. The Hall–Kier alpha value is -6.61. The van der Waals surface area contributed by atoms with Crippen molar-refractivity contribution < 1.29 is 32.2 Å². The van der Waals surface area contributed by atoms with E-state index in [0.29, 0.717) is 112 Å². The van der Waals surface area contributed by atoms with Crippen molar-refractivity contribution in [2.24, 2.45) is 17.9 Å². The molecule has 1 aliphatic heterocycles. The van der Waals surface area contributed by atoms with Gasteiger partial charge in [0.2, 0.25) is 16.0 Å². The molecule has 2 saturated carbocycles. The summed E-state index contributed by atoms with van der Waals surface area (Å²) < 4.78 is 55.0. The van der Waals surface area contributed by atoms with Crippen molar-refractivity contribution in [1.82, 2.24) is 24.8 Å². The lowest BCUT2D eigenvalue weighted by atomic mass is 9.49. The molecule has 16 nitrogen and oxygen atoms in total. The van der Waals surface area contributed by atoms with Crippen molar-refractivity contribution in [2.75, 3.05) is 35.9 Å². The molecule has 3 aromatic carbocycles. The molecule has 68 heavy (non-hydrogen) atoms. The number of sulfonamides is 1. The van der Waals surface area contributed by atoms with Gasteiger partial charge < -0.3 is 38.7 Å². The van der Waals surface area contributed by atoms with E-state index < -0.39 is 26.1 Å². The van der Waals surface area contributed by atoms with Gasteiger partial charge in [-0.15, -0.1) is 0 Å². The predicted octanol–water partition coefficient (Wildman–Crippen LogP) is 8.22. The Morgan fingerprint density at radius 3 is 2.37 bits per heavy atom. The maximum absolute atomic E-state index is 13.5. The molecule has 0 unspecified atom stereocenters. The number of fused-ring (bicyclic) bond motifs is 1. The number of pyridine rings is 1. The highest BCUT2D eigenvalue weighted by atomic mass is 35.5. The van der Waals surface area contributed by atoms with Gasteiger partial charge in [0.1, 0.15) is 47.3 Å². The molecular formula is C50H53ClN8O8S. The summed E-state index contributed by atoms with van der Waals surface area (Å²) in [5.74, 6) is 2.42. The van der Waals surface area contributed by atoms with Crippen molar-refractivity contribution in [3.8, 4) is 40.2 Å². The first-order chi connectivity index (χ1) is 32.5. The third-order valence-corrected chi connectivity index (χ3v) is 15.4. The van der Waals surface area contributed by atoms with E-state index in [-0.39, 0.29) is 29.7 Å². The minimum absolute atomic E-state index is 0.0320. The maximum Gasteiger partial charge on any atom is 0.274 e. The molecule has 9 rings (SSSR count). The van der Waals surface area contributed by atoms with Gasteiger partial charge in [-0.25, -0.2) is 18.4 Å². The summed E-state index contributed by atoms with van der Waals surface area (Å²) >= 11 is 6.25. The van der Waals surface area contributed by atoms with Crippen LogP contribution in [-0.4, -0.2) is 83.6 Å². The van der Waals surface area contributed by atoms with Crippen LogP contribution in [0.3, 0.4) is 0 Å². The zero-order valence-corrected chi connectivity index (χ0v) is 40.0. The monoisotopic (exact) mass is 960 g/mol. The van der Waals surface area contributed by atoms with Crippen LogP contribution in [-0.2, 0) is 21.8 Å². The smallest absolute Gasteiger partial charge is 0.274 e. The van der Waals surface area contributed by atoms with E-state index in [2.05, 4.69) is 63.7 Å². The number of hydrogen-bond acceptors (Lipinski definition) is 12. The summed E-state index contributed by atoms with van der Waals surface area (Å²) in [4.78, 5) is 40.6. The molecule has 0 bridgehead atoms. The number of nitrogens with zero attached hydrogens (tertiary/aromatic N) is 5. The van der Waals surface area contributed by atoms with E-state index in [1.54, 1.807) is 74.3 Å². The number of aromatic nitrogens is 4. The standard InChI is InChI=1S/C50H53ClN8O8S/c1-49(2)46(50(3,4)47(49)67-36-11-9-30(26-52)41(51)25-36)56-44(60)31-27-54-48(55-28-31)59-19-16-33(17-20-59)64-21-22-65-34-7-6-8-35(24-34)66-42-14-10-32(57-68(62,63)37-12-13-37)23-39(42)40-29-58(5)45(61)43-38(40)15-18-53-43/h6-11,14-15,18,23-25,27-29,33,37,46-47,53,57H,12-13,16-17,19-22H2,1-5H3,(H,56,60)/t46-,47-. The number of H-pyrrole nitrogens is 1. The Bertz CT molecular complexity index is 3070. The maximum atomic E-state index is 13.5. The minimum Gasteiger partial charge on any atom is -0.491 e. The van der Waals surface area contributed by atoms with Gasteiger partial charge in [-0.2, -0.15) is 5.26 Å². The van der Waals surface area contributed by atoms with Gasteiger partial charge in [0.05, 0.1) is 34.1 Å². The summed E-state index contributed by atoms with van der Waals surface area (Å²) in [7, 11) is -1.85. The summed E-state index contributed by atoms with van der Waals surface area (Å²) in [6.07, 6.45) is 9.17. The van der Waals surface area contributed by atoms with Crippen molar-refractivity contribution in [2.45, 2.75) is 76.9 Å². The summed E-state index contributed by atoms with van der Waals surface area (Å²) in [5.41, 5.74) is 1.88. The highest BCUT2D eigenvalue weighted by Crippen LogP contribution is 2.55. The number of aromatic amines is 1. The molecule has 3 fully saturated rings. The lowest BCUT2D eigenvalue weighted by Crippen LogP contribution is -2.74. The molecule has 1 saturated heterocycles. The first-order valence-corrected chi connectivity index (χ1v) is 24.5. The van der Waals surface area contributed by atoms with Crippen LogP contribution >= 0.6 is 11.6 Å². The van der Waals surface area contributed by atoms with Crippen LogP contribution in [0.2, 0.25) is 5.02 Å². The van der Waals surface area contributed by atoms with Crippen LogP contribution in [0.15, 0.2) is 96.3 Å². The van der Waals surface area contributed by atoms with E-state index in [1.165, 1.54) is 4.57 Å². The Balaban J connectivity index is 0.755. The van der Waals surface area contributed by atoms with Crippen LogP contribution in [0.5, 0.6) is 23.0 Å². The van der Waals surface area contributed by atoms with Gasteiger partial charge in [0.25, 0.3) is 11.5 Å². The molecule has 1 amide bonds. The fourth-order valence-electron chi connectivity index (χ4n) is 9.77. The van der Waals surface area contributed by atoms with E-state index in [9.17, 15) is 23.3 Å². The molecular weight excluding hydrogens is 908 g/mol. The van der Waals surface area contributed by atoms with Crippen LogP contribution in [0.1, 0.15) is 69.3 Å². The SMILES string of the molecule is Cn1cc(-c2cc(NS(=O)(=O)C3CC3)ccc2Oc2cccc(OCCOC3CCN(c4ncc(C(=O)N[C@H]5C(C)(C)[C@H](Oc6ccc(C#N)c(Cl)c6)C5(C)C)cn4)CC3)c2)c2cc[nH]c2c1=O. The molecule has 3 aromatic heterocycles. The fraction of sp³-hybridized carbons (Fsp3) is 0.380. The van der Waals surface area contributed by atoms with Gasteiger partial charge in [-0.3, -0.25) is 14.3 Å². The first kappa shape index (κ1) is 46.5. The Morgan fingerprint density at radius 1 is 0.926 bits per heavy atom. The molecule has 6 aromatic rings. The van der Waals surface area contributed by atoms with Gasteiger partial charge in [-0.05, 0) is 74.2 Å². The third kappa shape index (κ3) is 9.45. The van der Waals surface area contributed by atoms with E-state index in [1.807, 2.05) is 24.3 Å². The molecule has 18 heteroatoms. The number of halogens is 1. The minimum atomic E-state index is -3.52. The zero-order valence-electron chi connectivity index (χ0n) is 38.4. The average molecular weight is 962 g/mol. The highest BCUT2D eigenvalue weighted by molar-refractivity contribution is 7.93. The second-order valence-corrected chi connectivity index (χ2v) is 21.2. The summed E-state index contributed by atoms with van der Waals surface area (Å²) in [6, 6.07) is 21.1. The van der Waals surface area contributed by atoms with Gasteiger partial charge >= 0.3 is 0 Å². The molecule has 2 aliphatic carbocycles. The summed E-state index contributed by atoms with van der Waals surface area (Å²) in [5, 5.41) is 13.0. The molecule has 3 N–H and O–H groups in total. The van der Waals surface area contributed by atoms with Crippen LogP contribution in [0.4, 0.5) is 11.6 Å². The second kappa shape index (κ2) is 18.5. The summed E-state index contributed by atoms with van der Waals surface area (Å²) in [6.45, 7) is 10.3. The predicted molar refractivity (Wildman–Crippen MR) is 259 cm³/mol. The molecule has 3 aliphatic rings. The molecule has 0 atom stereocenters. The lowest BCUT2D eigenvalue weighted by Gasteiger charge is -2.63.